The topological polar surface area (TPSA) is 92.1 Å². The Morgan fingerprint density at radius 1 is 0.235 bits per heavy atom. The number of pyridine rings is 3. The van der Waals surface area contributed by atoms with Crippen molar-refractivity contribution in [2.24, 2.45) is 0 Å². The van der Waals surface area contributed by atoms with Crippen LogP contribution >= 0.6 is 0 Å². The summed E-state index contributed by atoms with van der Waals surface area (Å²) < 4.78 is 6.85. The molecule has 0 amide bonds. The van der Waals surface area contributed by atoms with Crippen LogP contribution in [-0.4, -0.2) is 138 Å². The maximum absolute atomic E-state index is 5.51. The van der Waals surface area contributed by atoms with Crippen molar-refractivity contribution < 1.29 is 0 Å². The Morgan fingerprint density at radius 3 is 0.741 bits per heavy atom. The van der Waals surface area contributed by atoms with Gasteiger partial charge in [0.05, 0.1) is 50.2 Å². The Kier molecular flexibility index (Phi) is 12.8. The highest BCUT2D eigenvalue weighted by Crippen LogP contribution is 2.39. The molecule has 0 N–H and O–H groups in total. The molecule has 6 aromatic heterocycles. The molecule has 0 aliphatic carbocycles. The molecule has 13 aromatic rings. The SMILES string of the molecule is Bc1nc(-c2ccc(-n3c(-c4cc(-c5nc6ccccc6n5-c5ccc(-c6nc(B)c(B)c(B)c6B)cc5)cc(-c5nc6ccccc6n5-c5ccc(-c6nc(B)c(B)c(B)c6B)cc5)c4)nc4ccccc43)cc2)c(B)c(B)c1B. The van der Waals surface area contributed by atoms with Gasteiger partial charge >= 0.3 is 0 Å². The van der Waals surface area contributed by atoms with E-state index in [4.69, 9.17) is 29.9 Å². The minimum Gasteiger partial charge on any atom is -0.292 e. The van der Waals surface area contributed by atoms with E-state index in [2.05, 4.69) is 272 Å². The molecule has 0 saturated carbocycles. The van der Waals surface area contributed by atoms with Gasteiger partial charge < -0.3 is 0 Å². The fourth-order valence-electron chi connectivity index (χ4n) is 11.8. The van der Waals surface area contributed by atoms with Crippen molar-refractivity contribution >= 4 is 193 Å². The van der Waals surface area contributed by atoms with E-state index in [-0.39, 0.29) is 0 Å². The van der Waals surface area contributed by atoms with Crippen LogP contribution in [0.15, 0.2) is 164 Å². The molecule has 0 unspecified atom stereocenters. The summed E-state index contributed by atoms with van der Waals surface area (Å²) in [6.45, 7) is 0. The standard InChI is InChI=1S/C60H51B12N9/c61-43-46(64)52(76-55(70)49(43)67)28-13-19-34(20-14-28)79-40-10-4-1-7-37(40)73-58(79)31-25-32(59-74-38-8-2-5-11-41(38)80(59)35-21-15-29(16-22-35)53-47(65)44(62)50(68)56(71)77-53)27-33(26-31)60-75-39-9-3-6-12-42(39)81(60)36-23-17-30(18-24-36)54-48(66)45(63)51(69)57(72)78-54/h1-27H,61-72H2. The number of fused-ring (bicyclic) bond motifs is 3. The third kappa shape index (κ3) is 8.67. The minimum absolute atomic E-state index is 0.792. The Labute approximate surface area is 482 Å². The zero-order valence-electron chi connectivity index (χ0n) is 48.1. The van der Waals surface area contributed by atoms with Crippen LogP contribution in [0.3, 0.4) is 0 Å². The predicted octanol–water partition coefficient (Wildman–Crippen LogP) is -7.01. The molecule has 6 heterocycles. The summed E-state index contributed by atoms with van der Waals surface area (Å²) in [4.78, 5) is 31.8. The third-order valence-electron chi connectivity index (χ3n) is 17.5. The largest absolute Gasteiger partial charge is 0.292 e. The Hall–Kier alpha value is -8.82. The van der Waals surface area contributed by atoms with Gasteiger partial charge in [-0.15, -0.1) is 0 Å². The monoisotopic (exact) mass is 1030 g/mol. The van der Waals surface area contributed by atoms with Crippen LogP contribution in [0.4, 0.5) is 0 Å². The van der Waals surface area contributed by atoms with Crippen molar-refractivity contribution in [2.45, 2.75) is 0 Å². The van der Waals surface area contributed by atoms with Gasteiger partial charge in [-0.25, -0.2) is 15.0 Å². The number of imidazole rings is 3. The van der Waals surface area contributed by atoms with E-state index in [1.807, 2.05) is 0 Å². The van der Waals surface area contributed by atoms with Crippen molar-refractivity contribution in [2.75, 3.05) is 0 Å². The first-order chi connectivity index (χ1) is 39.1. The quantitative estimate of drug-likeness (QED) is 0.134. The molecule has 21 heteroatoms. The molecule has 0 fully saturated rings. The highest BCUT2D eigenvalue weighted by Gasteiger charge is 2.24. The average molecular weight is 1030 g/mol. The number of hydrogen-bond acceptors (Lipinski definition) is 6. The number of rotatable bonds is 9. The van der Waals surface area contributed by atoms with Crippen LogP contribution in [0, 0.1) is 0 Å². The number of para-hydroxylation sites is 6. The fourth-order valence-corrected chi connectivity index (χ4v) is 11.8. The molecule has 13 rings (SSSR count). The van der Waals surface area contributed by atoms with Gasteiger partial charge in [0.15, 0.2) is 23.5 Å². The van der Waals surface area contributed by atoms with Gasteiger partial charge in [0.1, 0.15) is 88.1 Å². The van der Waals surface area contributed by atoms with Gasteiger partial charge in [0.2, 0.25) is 0 Å². The molecule has 9 nitrogen and oxygen atoms in total. The molecule has 7 aromatic carbocycles. The molecule has 81 heavy (non-hydrogen) atoms. The van der Waals surface area contributed by atoms with Crippen molar-refractivity contribution in [3.63, 3.8) is 0 Å². The Morgan fingerprint density at radius 2 is 0.481 bits per heavy atom. The summed E-state index contributed by atoms with van der Waals surface area (Å²) in [5, 5.41) is 0. The zero-order chi connectivity index (χ0) is 56.1. The summed E-state index contributed by atoms with van der Waals surface area (Å²) in [5.74, 6) is 2.38. The van der Waals surface area contributed by atoms with Crippen molar-refractivity contribution in [1.29, 1.82) is 0 Å². The summed E-state index contributed by atoms with van der Waals surface area (Å²) in [7, 11) is 25.9. The van der Waals surface area contributed by atoms with Crippen LogP contribution in [0.25, 0.3) is 118 Å². The van der Waals surface area contributed by atoms with Gasteiger partial charge in [0, 0.05) is 33.8 Å². The Balaban J connectivity index is 1.04. The minimum atomic E-state index is 0.792. The first-order valence-corrected chi connectivity index (χ1v) is 27.9. The van der Waals surface area contributed by atoms with Crippen LogP contribution < -0.4 is 65.9 Å². The van der Waals surface area contributed by atoms with Crippen LogP contribution in [0.5, 0.6) is 0 Å². The maximum Gasteiger partial charge on any atom is 0.163 e. The molecule has 0 bridgehead atoms. The number of aromatic nitrogens is 9. The predicted molar refractivity (Wildman–Crippen MR) is 374 cm³/mol. The second kappa shape index (κ2) is 20.1. The normalized spacial score (nSPS) is 11.6. The smallest absolute Gasteiger partial charge is 0.163 e. The summed E-state index contributed by atoms with van der Waals surface area (Å²) >= 11 is 0. The molecule has 0 aliphatic heterocycles. The molecule has 372 valence electrons. The van der Waals surface area contributed by atoms with E-state index < -0.39 is 0 Å². The van der Waals surface area contributed by atoms with Gasteiger partial charge in [0.25, 0.3) is 0 Å². The molecule has 0 radical (unpaired) electrons. The van der Waals surface area contributed by atoms with Crippen molar-refractivity contribution in [3.8, 4) is 85.0 Å². The van der Waals surface area contributed by atoms with Crippen molar-refractivity contribution in [1.82, 2.24) is 43.6 Å². The zero-order valence-corrected chi connectivity index (χ0v) is 48.1. The van der Waals surface area contributed by atoms with E-state index in [1.54, 1.807) is 0 Å². The Bertz CT molecular complexity index is 4250. The van der Waals surface area contributed by atoms with Gasteiger partial charge in [-0.05, 0) is 124 Å². The van der Waals surface area contributed by atoms with E-state index >= 15 is 0 Å². The van der Waals surface area contributed by atoms with Crippen LogP contribution in [0.1, 0.15) is 0 Å². The molecule has 0 aliphatic rings. The highest BCUT2D eigenvalue weighted by molar-refractivity contribution is 6.64. The van der Waals surface area contributed by atoms with Gasteiger partial charge in [-0.2, -0.15) is 0 Å². The number of hydrogen-bond donors (Lipinski definition) is 0. The first-order valence-electron chi connectivity index (χ1n) is 27.9. The third-order valence-corrected chi connectivity index (χ3v) is 17.5. The maximum atomic E-state index is 5.51. The molecule has 0 atom stereocenters. The van der Waals surface area contributed by atoms with E-state index in [0.29, 0.717) is 0 Å². The fraction of sp³-hybridized carbons (Fsp3) is 0. The molecule has 0 saturated heterocycles. The van der Waals surface area contributed by atoms with Gasteiger partial charge in [-0.1, -0.05) is 122 Å². The average Bonchev–Trinajstić information content (AvgIpc) is 4.35. The van der Waals surface area contributed by atoms with Gasteiger partial charge in [-0.3, -0.25) is 28.7 Å². The number of nitrogens with zero attached hydrogens (tertiary/aromatic N) is 9. The lowest BCUT2D eigenvalue weighted by atomic mass is 9.68. The lowest BCUT2D eigenvalue weighted by Crippen LogP contribution is -2.49. The molecule has 0 spiro atoms. The highest BCUT2D eigenvalue weighted by atomic mass is 15.1. The lowest BCUT2D eigenvalue weighted by molar-refractivity contribution is 1.09. The molecular formula is C60H51B12N9. The van der Waals surface area contributed by atoms with E-state index in [1.165, 1.54) is 49.2 Å². The second-order valence-corrected chi connectivity index (χ2v) is 22.0. The van der Waals surface area contributed by atoms with Crippen LogP contribution in [0.2, 0.25) is 0 Å². The van der Waals surface area contributed by atoms with Crippen molar-refractivity contribution in [3.05, 3.63) is 164 Å². The first kappa shape index (κ1) is 51.6. The number of benzene rings is 7. The summed E-state index contributed by atoms with van der Waals surface area (Å²) in [6, 6.07) is 58.3. The second-order valence-electron chi connectivity index (χ2n) is 22.0. The summed E-state index contributed by atoms with van der Waals surface area (Å²) in [5.41, 5.74) is 31.8. The lowest BCUT2D eigenvalue weighted by Gasteiger charge is -2.17. The van der Waals surface area contributed by atoms with E-state index in [9.17, 15) is 0 Å². The van der Waals surface area contributed by atoms with E-state index in [0.717, 1.165) is 135 Å². The molecular weight excluding hydrogens is 976 g/mol. The summed E-state index contributed by atoms with van der Waals surface area (Å²) in [6.07, 6.45) is 0. The van der Waals surface area contributed by atoms with Crippen LogP contribution in [-0.2, 0) is 0 Å².